The number of aryl methyl sites for hydroxylation is 1. The molecule has 1 aromatic carbocycles. The number of halogens is 3. The molecule has 0 radical (unpaired) electrons. The third-order valence-corrected chi connectivity index (χ3v) is 2.82. The molecule has 0 aliphatic carbocycles. The van der Waals surface area contributed by atoms with Crippen molar-refractivity contribution in [1.29, 1.82) is 0 Å². The predicted molar refractivity (Wildman–Crippen MR) is 71.3 cm³/mol. The molecule has 0 amide bonds. The SMILES string of the molecule is Cc1cc(Br)cc([C@H](N)CCCN)c1F.Cl. The van der Waals surface area contributed by atoms with E-state index >= 15 is 0 Å². The van der Waals surface area contributed by atoms with Crippen LogP contribution in [-0.2, 0) is 0 Å². The van der Waals surface area contributed by atoms with Gasteiger partial charge in [0, 0.05) is 16.1 Å². The van der Waals surface area contributed by atoms with Crippen LogP contribution in [0.15, 0.2) is 16.6 Å². The average Bonchev–Trinajstić information content (AvgIpc) is 2.19. The first kappa shape index (κ1) is 15.8. The van der Waals surface area contributed by atoms with E-state index in [1.54, 1.807) is 19.1 Å². The van der Waals surface area contributed by atoms with Gasteiger partial charge < -0.3 is 11.5 Å². The predicted octanol–water partition coefficient (Wildman–Crippen LogP) is 3.06. The van der Waals surface area contributed by atoms with Crippen LogP contribution in [0.2, 0.25) is 0 Å². The molecule has 0 heterocycles. The third-order valence-electron chi connectivity index (χ3n) is 2.37. The van der Waals surface area contributed by atoms with Crippen LogP contribution in [0.4, 0.5) is 4.39 Å². The summed E-state index contributed by atoms with van der Waals surface area (Å²) >= 11 is 3.34. The first-order valence-corrected chi connectivity index (χ1v) is 5.76. The van der Waals surface area contributed by atoms with Gasteiger partial charge in [-0.1, -0.05) is 15.9 Å². The van der Waals surface area contributed by atoms with Gasteiger partial charge in [-0.25, -0.2) is 4.39 Å². The third kappa shape index (κ3) is 4.01. The summed E-state index contributed by atoms with van der Waals surface area (Å²) in [6, 6.07) is 3.21. The molecule has 2 nitrogen and oxygen atoms in total. The van der Waals surface area contributed by atoms with Crippen molar-refractivity contribution in [3.63, 3.8) is 0 Å². The van der Waals surface area contributed by atoms with Crippen molar-refractivity contribution in [2.24, 2.45) is 11.5 Å². The van der Waals surface area contributed by atoms with E-state index in [-0.39, 0.29) is 24.3 Å². The molecular weight excluding hydrogens is 294 g/mol. The normalized spacial score (nSPS) is 12.1. The molecule has 0 aliphatic rings. The summed E-state index contributed by atoms with van der Waals surface area (Å²) in [7, 11) is 0. The van der Waals surface area contributed by atoms with E-state index in [4.69, 9.17) is 11.5 Å². The van der Waals surface area contributed by atoms with Crippen molar-refractivity contribution >= 4 is 28.3 Å². The lowest BCUT2D eigenvalue weighted by Gasteiger charge is -2.14. The maximum absolute atomic E-state index is 13.7. The smallest absolute Gasteiger partial charge is 0.130 e. The summed E-state index contributed by atoms with van der Waals surface area (Å²) in [6.45, 7) is 2.32. The minimum atomic E-state index is -0.273. The maximum Gasteiger partial charge on any atom is 0.130 e. The summed E-state index contributed by atoms with van der Waals surface area (Å²) in [4.78, 5) is 0. The fraction of sp³-hybridized carbons (Fsp3) is 0.455. The lowest BCUT2D eigenvalue weighted by Crippen LogP contribution is -2.14. The van der Waals surface area contributed by atoms with Gasteiger partial charge >= 0.3 is 0 Å². The molecule has 0 unspecified atom stereocenters. The number of hydrogen-bond acceptors (Lipinski definition) is 2. The van der Waals surface area contributed by atoms with Gasteiger partial charge in [0.1, 0.15) is 5.82 Å². The van der Waals surface area contributed by atoms with E-state index in [1.807, 2.05) is 0 Å². The second kappa shape index (κ2) is 7.22. The van der Waals surface area contributed by atoms with Crippen molar-refractivity contribution in [3.05, 3.63) is 33.5 Å². The van der Waals surface area contributed by atoms with Gasteiger partial charge in [0.2, 0.25) is 0 Å². The Balaban J connectivity index is 0.00000225. The minimum Gasteiger partial charge on any atom is -0.330 e. The zero-order valence-corrected chi connectivity index (χ0v) is 11.6. The molecule has 0 bridgehead atoms. The van der Waals surface area contributed by atoms with E-state index in [1.165, 1.54) is 0 Å². The lowest BCUT2D eigenvalue weighted by molar-refractivity contribution is 0.548. The van der Waals surface area contributed by atoms with Gasteiger partial charge in [-0.05, 0) is 44.0 Å². The Morgan fingerprint density at radius 3 is 2.62 bits per heavy atom. The highest BCUT2D eigenvalue weighted by Crippen LogP contribution is 2.25. The van der Waals surface area contributed by atoms with Gasteiger partial charge in [-0.15, -0.1) is 12.4 Å². The molecule has 16 heavy (non-hydrogen) atoms. The van der Waals surface area contributed by atoms with Gasteiger partial charge in [0.05, 0.1) is 0 Å². The highest BCUT2D eigenvalue weighted by Gasteiger charge is 2.13. The summed E-state index contributed by atoms with van der Waals surface area (Å²) in [5, 5.41) is 0. The molecule has 1 atom stereocenters. The molecule has 0 saturated carbocycles. The van der Waals surface area contributed by atoms with Crippen molar-refractivity contribution in [2.75, 3.05) is 6.54 Å². The highest BCUT2D eigenvalue weighted by atomic mass is 79.9. The van der Waals surface area contributed by atoms with E-state index in [0.29, 0.717) is 24.1 Å². The topological polar surface area (TPSA) is 52.0 Å². The van der Waals surface area contributed by atoms with E-state index in [2.05, 4.69) is 15.9 Å². The first-order valence-electron chi connectivity index (χ1n) is 4.97. The quantitative estimate of drug-likeness (QED) is 0.898. The van der Waals surface area contributed by atoms with Crippen molar-refractivity contribution in [1.82, 2.24) is 0 Å². The lowest BCUT2D eigenvalue weighted by atomic mass is 10.0. The molecule has 0 fully saturated rings. The van der Waals surface area contributed by atoms with Crippen LogP contribution in [0.5, 0.6) is 0 Å². The highest BCUT2D eigenvalue weighted by molar-refractivity contribution is 9.10. The molecule has 92 valence electrons. The molecule has 1 aromatic rings. The number of hydrogen-bond donors (Lipinski definition) is 2. The molecule has 5 heteroatoms. The fourth-order valence-corrected chi connectivity index (χ4v) is 2.10. The monoisotopic (exact) mass is 310 g/mol. The van der Waals surface area contributed by atoms with Crippen molar-refractivity contribution in [3.8, 4) is 0 Å². The van der Waals surface area contributed by atoms with E-state index in [9.17, 15) is 4.39 Å². The Morgan fingerprint density at radius 1 is 1.44 bits per heavy atom. The van der Waals surface area contributed by atoms with Crippen molar-refractivity contribution < 1.29 is 4.39 Å². The zero-order chi connectivity index (χ0) is 11.4. The summed E-state index contributed by atoms with van der Waals surface area (Å²) in [6.07, 6.45) is 1.52. The van der Waals surface area contributed by atoms with Crippen LogP contribution in [0.25, 0.3) is 0 Å². The Labute approximate surface area is 110 Å². The minimum absolute atomic E-state index is 0. The van der Waals surface area contributed by atoms with Crippen LogP contribution in [0.1, 0.15) is 30.0 Å². The Kier molecular flexibility index (Phi) is 7.15. The maximum atomic E-state index is 13.7. The number of benzene rings is 1. The number of nitrogens with two attached hydrogens (primary N) is 2. The van der Waals surface area contributed by atoms with Crippen LogP contribution in [-0.4, -0.2) is 6.54 Å². The molecule has 0 aromatic heterocycles. The Morgan fingerprint density at radius 2 is 2.06 bits per heavy atom. The van der Waals surface area contributed by atoms with E-state index < -0.39 is 0 Å². The largest absolute Gasteiger partial charge is 0.330 e. The Hall–Kier alpha value is -0.160. The number of rotatable bonds is 4. The second-order valence-corrected chi connectivity index (χ2v) is 4.58. The molecule has 0 spiro atoms. The fourth-order valence-electron chi connectivity index (χ4n) is 1.51. The first-order chi connectivity index (χ1) is 7.06. The summed E-state index contributed by atoms with van der Waals surface area (Å²) in [5.74, 6) is -0.206. The summed E-state index contributed by atoms with van der Waals surface area (Å²) < 4.78 is 14.6. The van der Waals surface area contributed by atoms with Gasteiger partial charge in [-0.3, -0.25) is 0 Å². The molecular formula is C11H17BrClFN2. The molecule has 1 rings (SSSR count). The summed E-state index contributed by atoms with van der Waals surface area (Å²) in [5.41, 5.74) is 12.5. The second-order valence-electron chi connectivity index (χ2n) is 3.66. The van der Waals surface area contributed by atoms with Crippen LogP contribution >= 0.6 is 28.3 Å². The van der Waals surface area contributed by atoms with Gasteiger partial charge in [0.15, 0.2) is 0 Å². The zero-order valence-electron chi connectivity index (χ0n) is 9.17. The molecule has 0 saturated heterocycles. The van der Waals surface area contributed by atoms with Gasteiger partial charge in [0.25, 0.3) is 0 Å². The van der Waals surface area contributed by atoms with E-state index in [0.717, 1.165) is 10.9 Å². The standard InChI is InChI=1S/C11H16BrFN2.ClH/c1-7-5-8(12)6-9(11(7)13)10(15)3-2-4-14;/h5-6,10H,2-4,14-15H2,1H3;1H/t10-;/m1./s1. The van der Waals surface area contributed by atoms with Crippen LogP contribution in [0.3, 0.4) is 0 Å². The van der Waals surface area contributed by atoms with Crippen LogP contribution < -0.4 is 11.5 Å². The van der Waals surface area contributed by atoms with Gasteiger partial charge in [-0.2, -0.15) is 0 Å². The molecule has 0 aliphatic heterocycles. The Bertz CT molecular complexity index is 347. The molecule has 4 N–H and O–H groups in total. The van der Waals surface area contributed by atoms with Crippen molar-refractivity contribution in [2.45, 2.75) is 25.8 Å². The average molecular weight is 312 g/mol. The van der Waals surface area contributed by atoms with Crippen LogP contribution in [0, 0.1) is 12.7 Å².